The first kappa shape index (κ1) is 20.0. The second-order valence-electron chi connectivity index (χ2n) is 4.69. The van der Waals surface area contributed by atoms with E-state index in [4.69, 9.17) is 51.1 Å². The third kappa shape index (κ3) is 5.07. The van der Waals surface area contributed by atoms with Crippen LogP contribution in [-0.4, -0.2) is 12.5 Å². The van der Waals surface area contributed by atoms with Crippen LogP contribution >= 0.6 is 46.4 Å². The standard InChI is InChI=1S/C15H8Cl4F3NO2/c16-8-3-1-2-7(15(20,21)22)14(8)23-13(24)6-25-12-5-10(18)9(17)4-11(12)19/h1-5H,6H2,(H,23,24). The number of hydrogen-bond donors (Lipinski definition) is 1. The topological polar surface area (TPSA) is 38.3 Å². The van der Waals surface area contributed by atoms with Gasteiger partial charge in [-0.2, -0.15) is 13.2 Å². The van der Waals surface area contributed by atoms with Crippen molar-refractivity contribution in [3.8, 4) is 5.75 Å². The molecular weight excluding hydrogens is 425 g/mol. The molecule has 0 unspecified atom stereocenters. The van der Waals surface area contributed by atoms with Crippen molar-refractivity contribution in [1.82, 2.24) is 0 Å². The van der Waals surface area contributed by atoms with Gasteiger partial charge in [-0.15, -0.1) is 0 Å². The van der Waals surface area contributed by atoms with Gasteiger partial charge in [0.1, 0.15) is 5.75 Å². The maximum atomic E-state index is 13.0. The molecule has 0 saturated heterocycles. The summed E-state index contributed by atoms with van der Waals surface area (Å²) in [7, 11) is 0. The molecule has 0 aliphatic rings. The fourth-order valence-electron chi connectivity index (χ4n) is 1.82. The molecule has 0 saturated carbocycles. The Morgan fingerprint density at radius 2 is 1.64 bits per heavy atom. The Morgan fingerprint density at radius 1 is 1.00 bits per heavy atom. The summed E-state index contributed by atoms with van der Waals surface area (Å²) >= 11 is 23.2. The number of hydrogen-bond acceptors (Lipinski definition) is 2. The molecule has 0 heterocycles. The summed E-state index contributed by atoms with van der Waals surface area (Å²) < 4.78 is 44.1. The summed E-state index contributed by atoms with van der Waals surface area (Å²) in [4.78, 5) is 11.9. The average Bonchev–Trinajstić information content (AvgIpc) is 2.50. The monoisotopic (exact) mass is 431 g/mol. The Bertz CT molecular complexity index is 812. The Kier molecular flexibility index (Phi) is 6.32. The van der Waals surface area contributed by atoms with Crippen molar-refractivity contribution in [2.45, 2.75) is 6.18 Å². The Labute approximate surface area is 160 Å². The quantitative estimate of drug-likeness (QED) is 0.572. The molecule has 2 aromatic carbocycles. The zero-order valence-corrected chi connectivity index (χ0v) is 15.1. The van der Waals surface area contributed by atoms with Crippen LogP contribution in [0.25, 0.3) is 0 Å². The normalized spacial score (nSPS) is 11.3. The van der Waals surface area contributed by atoms with E-state index in [1.54, 1.807) is 0 Å². The first-order valence-electron chi connectivity index (χ1n) is 6.52. The van der Waals surface area contributed by atoms with Gasteiger partial charge >= 0.3 is 6.18 Å². The summed E-state index contributed by atoms with van der Waals surface area (Å²) in [6.07, 6.45) is -4.68. The first-order chi connectivity index (χ1) is 11.6. The van der Waals surface area contributed by atoms with E-state index in [0.717, 1.165) is 12.1 Å². The molecule has 10 heteroatoms. The summed E-state index contributed by atoms with van der Waals surface area (Å²) in [6, 6.07) is 5.76. The minimum Gasteiger partial charge on any atom is -0.482 e. The van der Waals surface area contributed by atoms with E-state index in [1.807, 2.05) is 0 Å². The highest BCUT2D eigenvalue weighted by Gasteiger charge is 2.34. The molecule has 0 aliphatic heterocycles. The van der Waals surface area contributed by atoms with Gasteiger partial charge < -0.3 is 10.1 Å². The smallest absolute Gasteiger partial charge is 0.418 e. The van der Waals surface area contributed by atoms with Crippen LogP contribution in [0.4, 0.5) is 18.9 Å². The van der Waals surface area contributed by atoms with Crippen LogP contribution in [0.5, 0.6) is 5.75 Å². The lowest BCUT2D eigenvalue weighted by Gasteiger charge is -2.15. The van der Waals surface area contributed by atoms with E-state index in [0.29, 0.717) is 0 Å². The molecule has 2 rings (SSSR count). The summed E-state index contributed by atoms with van der Waals surface area (Å²) in [5.74, 6) is -0.804. The molecule has 0 aliphatic carbocycles. The summed E-state index contributed by atoms with van der Waals surface area (Å²) in [6.45, 7) is -0.611. The molecule has 1 N–H and O–H groups in total. The van der Waals surface area contributed by atoms with E-state index in [2.05, 4.69) is 5.32 Å². The highest BCUT2D eigenvalue weighted by atomic mass is 35.5. The Hall–Kier alpha value is -1.34. The zero-order valence-electron chi connectivity index (χ0n) is 12.1. The van der Waals surface area contributed by atoms with Gasteiger partial charge in [0.05, 0.1) is 31.3 Å². The molecule has 134 valence electrons. The van der Waals surface area contributed by atoms with Gasteiger partial charge in [-0.25, -0.2) is 0 Å². The van der Waals surface area contributed by atoms with Gasteiger partial charge in [0.2, 0.25) is 0 Å². The van der Waals surface area contributed by atoms with Crippen LogP contribution in [0, 0.1) is 0 Å². The fraction of sp³-hybridized carbons (Fsp3) is 0.133. The number of benzene rings is 2. The number of ether oxygens (including phenoxy) is 1. The van der Waals surface area contributed by atoms with E-state index in [1.165, 1.54) is 18.2 Å². The van der Waals surface area contributed by atoms with Crippen LogP contribution in [0.15, 0.2) is 30.3 Å². The number of nitrogens with one attached hydrogen (secondary N) is 1. The van der Waals surface area contributed by atoms with Crippen LogP contribution in [0.1, 0.15) is 5.56 Å². The minimum absolute atomic E-state index is 0.0569. The van der Waals surface area contributed by atoms with Crippen LogP contribution in [0.2, 0.25) is 20.1 Å². The van der Waals surface area contributed by atoms with Gasteiger partial charge in [-0.1, -0.05) is 52.5 Å². The maximum absolute atomic E-state index is 13.0. The molecule has 25 heavy (non-hydrogen) atoms. The average molecular weight is 433 g/mol. The van der Waals surface area contributed by atoms with Gasteiger partial charge in [0, 0.05) is 6.07 Å². The van der Waals surface area contributed by atoms with Crippen molar-refractivity contribution in [2.75, 3.05) is 11.9 Å². The van der Waals surface area contributed by atoms with Crippen molar-refractivity contribution in [2.24, 2.45) is 0 Å². The lowest BCUT2D eigenvalue weighted by molar-refractivity contribution is -0.137. The number of anilines is 1. The summed E-state index contributed by atoms with van der Waals surface area (Å²) in [5, 5.41) is 2.26. The number of alkyl halides is 3. The number of amides is 1. The third-order valence-corrected chi connectivity index (χ3v) is 4.25. The van der Waals surface area contributed by atoms with Crippen molar-refractivity contribution in [3.63, 3.8) is 0 Å². The fourth-order valence-corrected chi connectivity index (χ4v) is 2.63. The zero-order chi connectivity index (χ0) is 18.8. The molecule has 0 spiro atoms. The number of rotatable bonds is 4. The number of carbonyl (C=O) groups excluding carboxylic acids is 1. The van der Waals surface area contributed by atoms with Crippen molar-refractivity contribution < 1.29 is 22.7 Å². The second-order valence-corrected chi connectivity index (χ2v) is 6.32. The van der Waals surface area contributed by atoms with Gasteiger partial charge in [0.15, 0.2) is 6.61 Å². The Morgan fingerprint density at radius 3 is 2.28 bits per heavy atom. The third-order valence-electron chi connectivity index (χ3n) is 2.92. The lowest BCUT2D eigenvalue weighted by atomic mass is 10.1. The lowest BCUT2D eigenvalue weighted by Crippen LogP contribution is -2.22. The molecule has 0 bridgehead atoms. The number of carbonyl (C=O) groups is 1. The first-order valence-corrected chi connectivity index (χ1v) is 8.03. The van der Waals surface area contributed by atoms with Crippen LogP contribution in [0.3, 0.4) is 0 Å². The SMILES string of the molecule is O=C(COc1cc(Cl)c(Cl)cc1Cl)Nc1c(Cl)cccc1C(F)(F)F. The maximum Gasteiger partial charge on any atom is 0.418 e. The molecule has 1 amide bonds. The largest absolute Gasteiger partial charge is 0.482 e. The second kappa shape index (κ2) is 7.91. The number of para-hydroxylation sites is 1. The van der Waals surface area contributed by atoms with E-state index in [-0.39, 0.29) is 25.8 Å². The molecular formula is C15H8Cl4F3NO2. The summed E-state index contributed by atoms with van der Waals surface area (Å²) in [5.41, 5.74) is -1.62. The van der Waals surface area contributed by atoms with Crippen molar-refractivity contribution >= 4 is 58.0 Å². The van der Waals surface area contributed by atoms with Crippen molar-refractivity contribution in [3.05, 3.63) is 56.0 Å². The van der Waals surface area contributed by atoms with Crippen LogP contribution < -0.4 is 10.1 Å². The van der Waals surface area contributed by atoms with Gasteiger partial charge in [-0.05, 0) is 18.2 Å². The molecule has 2 aromatic rings. The molecule has 0 fully saturated rings. The number of halogens is 7. The minimum atomic E-state index is -4.68. The van der Waals surface area contributed by atoms with E-state index < -0.39 is 29.9 Å². The predicted molar refractivity (Wildman–Crippen MR) is 92.1 cm³/mol. The molecule has 0 aromatic heterocycles. The molecule has 3 nitrogen and oxygen atoms in total. The highest BCUT2D eigenvalue weighted by molar-refractivity contribution is 6.43. The predicted octanol–water partition coefficient (Wildman–Crippen LogP) is 6.34. The van der Waals surface area contributed by atoms with Gasteiger partial charge in [-0.3, -0.25) is 4.79 Å². The Balaban J connectivity index is 2.13. The highest BCUT2D eigenvalue weighted by Crippen LogP contribution is 2.38. The van der Waals surface area contributed by atoms with Gasteiger partial charge in [0.25, 0.3) is 5.91 Å². The van der Waals surface area contributed by atoms with E-state index in [9.17, 15) is 18.0 Å². The molecule has 0 radical (unpaired) electrons. The van der Waals surface area contributed by atoms with E-state index >= 15 is 0 Å². The molecule has 0 atom stereocenters. The van der Waals surface area contributed by atoms with Crippen LogP contribution in [-0.2, 0) is 11.0 Å². The van der Waals surface area contributed by atoms with Crippen molar-refractivity contribution in [1.29, 1.82) is 0 Å².